The Labute approximate surface area is 512 Å². The van der Waals surface area contributed by atoms with E-state index in [1.54, 1.807) is 0 Å². The average Bonchev–Trinajstić information content (AvgIpc) is 3.49. The van der Waals surface area contributed by atoms with Gasteiger partial charge in [0.25, 0.3) is 0 Å². The van der Waals surface area contributed by atoms with Crippen LogP contribution in [0.15, 0.2) is 146 Å². The second-order valence-corrected chi connectivity index (χ2v) is 22.3. The molecule has 470 valence electrons. The number of ether oxygens (including phenoxy) is 3. The van der Waals surface area contributed by atoms with E-state index >= 15 is 0 Å². The van der Waals surface area contributed by atoms with Crippen LogP contribution in [0.2, 0.25) is 0 Å². The lowest BCUT2D eigenvalue weighted by Gasteiger charge is -2.18. The van der Waals surface area contributed by atoms with Crippen LogP contribution in [0.4, 0.5) is 0 Å². The van der Waals surface area contributed by atoms with E-state index in [4.69, 9.17) is 14.2 Å². The van der Waals surface area contributed by atoms with Gasteiger partial charge in [-0.25, -0.2) is 0 Å². The van der Waals surface area contributed by atoms with E-state index in [-0.39, 0.29) is 31.1 Å². The Morgan fingerprint density at radius 3 is 0.735 bits per heavy atom. The summed E-state index contributed by atoms with van der Waals surface area (Å²) >= 11 is 0. The molecule has 0 aliphatic rings. The molecule has 6 heteroatoms. The second kappa shape index (κ2) is 69.8. The molecular formula is C77H126O6. The van der Waals surface area contributed by atoms with Crippen LogP contribution in [-0.2, 0) is 28.6 Å². The zero-order valence-electron chi connectivity index (χ0n) is 53.9. The summed E-state index contributed by atoms with van der Waals surface area (Å²) in [4.78, 5) is 38.3. The Hall–Kier alpha value is -4.71. The van der Waals surface area contributed by atoms with Gasteiger partial charge < -0.3 is 14.2 Å². The van der Waals surface area contributed by atoms with Gasteiger partial charge >= 0.3 is 17.9 Å². The highest BCUT2D eigenvalue weighted by molar-refractivity contribution is 5.71. The third-order valence-electron chi connectivity index (χ3n) is 14.3. The lowest BCUT2D eigenvalue weighted by atomic mass is 10.1. The quantitative estimate of drug-likeness (QED) is 0.0261. The zero-order valence-corrected chi connectivity index (χ0v) is 53.9. The first-order valence-electron chi connectivity index (χ1n) is 34.3. The van der Waals surface area contributed by atoms with Crippen molar-refractivity contribution in [2.45, 2.75) is 309 Å². The largest absolute Gasteiger partial charge is 0.462 e. The number of carbonyl (C=O) groups excluding carboxylic acids is 3. The monoisotopic (exact) mass is 1150 g/mol. The van der Waals surface area contributed by atoms with E-state index in [2.05, 4.69) is 167 Å². The summed E-state index contributed by atoms with van der Waals surface area (Å²) in [6, 6.07) is 0. The van der Waals surface area contributed by atoms with Gasteiger partial charge in [-0.15, -0.1) is 0 Å². The fourth-order valence-corrected chi connectivity index (χ4v) is 9.27. The predicted octanol–water partition coefficient (Wildman–Crippen LogP) is 23.9. The molecule has 0 aliphatic carbocycles. The molecule has 0 amide bonds. The Bertz CT molecular complexity index is 1800. The maximum absolute atomic E-state index is 12.9. The highest BCUT2D eigenvalue weighted by Crippen LogP contribution is 2.16. The van der Waals surface area contributed by atoms with Crippen LogP contribution >= 0.6 is 0 Å². The first-order valence-corrected chi connectivity index (χ1v) is 34.3. The predicted molar refractivity (Wildman–Crippen MR) is 362 cm³/mol. The summed E-state index contributed by atoms with van der Waals surface area (Å²) < 4.78 is 16.9. The molecule has 0 aliphatic heterocycles. The Balaban J connectivity index is 4.19. The van der Waals surface area contributed by atoms with Crippen molar-refractivity contribution in [2.75, 3.05) is 13.2 Å². The van der Waals surface area contributed by atoms with Crippen LogP contribution in [0.5, 0.6) is 0 Å². The van der Waals surface area contributed by atoms with Gasteiger partial charge in [-0.1, -0.05) is 308 Å². The molecule has 0 rings (SSSR count). The van der Waals surface area contributed by atoms with Crippen molar-refractivity contribution in [3.63, 3.8) is 0 Å². The van der Waals surface area contributed by atoms with E-state index in [1.165, 1.54) is 116 Å². The van der Waals surface area contributed by atoms with Crippen LogP contribution in [0.1, 0.15) is 303 Å². The minimum Gasteiger partial charge on any atom is -0.462 e. The highest BCUT2D eigenvalue weighted by Gasteiger charge is 2.19. The maximum Gasteiger partial charge on any atom is 0.306 e. The minimum absolute atomic E-state index is 0.0836. The lowest BCUT2D eigenvalue weighted by Crippen LogP contribution is -2.30. The highest BCUT2D eigenvalue weighted by atomic mass is 16.6. The van der Waals surface area contributed by atoms with Gasteiger partial charge in [0, 0.05) is 19.3 Å². The molecule has 0 saturated heterocycles. The van der Waals surface area contributed by atoms with Gasteiger partial charge in [-0.3, -0.25) is 14.4 Å². The van der Waals surface area contributed by atoms with E-state index < -0.39 is 6.10 Å². The van der Waals surface area contributed by atoms with Crippen LogP contribution in [0, 0.1) is 0 Å². The molecule has 0 fully saturated rings. The summed E-state index contributed by atoms with van der Waals surface area (Å²) in [6.07, 6.45) is 100. The van der Waals surface area contributed by atoms with Crippen molar-refractivity contribution in [2.24, 2.45) is 0 Å². The van der Waals surface area contributed by atoms with Crippen LogP contribution < -0.4 is 0 Å². The summed E-state index contributed by atoms with van der Waals surface area (Å²) in [5, 5.41) is 0. The third-order valence-corrected chi connectivity index (χ3v) is 14.3. The van der Waals surface area contributed by atoms with Gasteiger partial charge in [-0.05, 0) is 122 Å². The third kappa shape index (κ3) is 68.0. The van der Waals surface area contributed by atoms with Gasteiger partial charge in [-0.2, -0.15) is 0 Å². The molecule has 1 atom stereocenters. The fourth-order valence-electron chi connectivity index (χ4n) is 9.27. The molecule has 0 aromatic rings. The molecule has 6 nitrogen and oxygen atoms in total. The Morgan fingerprint density at radius 1 is 0.253 bits per heavy atom. The first kappa shape index (κ1) is 78.3. The zero-order chi connectivity index (χ0) is 59.9. The van der Waals surface area contributed by atoms with Crippen LogP contribution in [-0.4, -0.2) is 37.2 Å². The minimum atomic E-state index is -0.787. The average molecular weight is 1150 g/mol. The van der Waals surface area contributed by atoms with Crippen molar-refractivity contribution in [3.05, 3.63) is 146 Å². The molecule has 0 aromatic carbocycles. The van der Waals surface area contributed by atoms with Crippen molar-refractivity contribution in [1.82, 2.24) is 0 Å². The van der Waals surface area contributed by atoms with E-state index in [0.717, 1.165) is 148 Å². The van der Waals surface area contributed by atoms with Crippen molar-refractivity contribution in [1.29, 1.82) is 0 Å². The van der Waals surface area contributed by atoms with Crippen molar-refractivity contribution in [3.8, 4) is 0 Å². The summed E-state index contributed by atoms with van der Waals surface area (Å²) in [5.41, 5.74) is 0. The molecule has 0 bridgehead atoms. The van der Waals surface area contributed by atoms with Gasteiger partial charge in [0.05, 0.1) is 0 Å². The molecular weight excluding hydrogens is 1020 g/mol. The number of carbonyl (C=O) groups is 3. The topological polar surface area (TPSA) is 78.9 Å². The number of allylic oxidation sites excluding steroid dienone is 24. The summed E-state index contributed by atoms with van der Waals surface area (Å²) in [7, 11) is 0. The molecule has 0 spiro atoms. The number of esters is 3. The number of unbranched alkanes of at least 4 members (excludes halogenated alkanes) is 26. The summed E-state index contributed by atoms with van der Waals surface area (Å²) in [6.45, 7) is 6.40. The molecule has 83 heavy (non-hydrogen) atoms. The molecule has 0 aromatic heterocycles. The number of hydrogen-bond acceptors (Lipinski definition) is 6. The maximum atomic E-state index is 12.9. The Kier molecular flexibility index (Phi) is 65.8. The molecule has 0 saturated carbocycles. The van der Waals surface area contributed by atoms with E-state index in [9.17, 15) is 14.4 Å². The van der Waals surface area contributed by atoms with Gasteiger partial charge in [0.2, 0.25) is 0 Å². The van der Waals surface area contributed by atoms with Crippen molar-refractivity contribution >= 4 is 17.9 Å². The van der Waals surface area contributed by atoms with Gasteiger partial charge in [0.1, 0.15) is 13.2 Å². The molecule has 0 N–H and O–H groups in total. The molecule has 0 radical (unpaired) electrons. The molecule has 0 heterocycles. The van der Waals surface area contributed by atoms with Gasteiger partial charge in [0.15, 0.2) is 6.10 Å². The summed E-state index contributed by atoms with van der Waals surface area (Å²) in [5.74, 6) is -0.895. The van der Waals surface area contributed by atoms with E-state index in [1.807, 2.05) is 0 Å². The van der Waals surface area contributed by atoms with Crippen LogP contribution in [0.3, 0.4) is 0 Å². The fraction of sp³-hybridized carbons (Fsp3) is 0.649. The number of rotatable bonds is 61. The smallest absolute Gasteiger partial charge is 0.306 e. The molecule has 1 unspecified atom stereocenters. The standard InChI is InChI=1S/C77H126O6/c1-4-7-10-13-16-19-21-23-25-27-29-31-32-33-34-35-36-37-38-39-40-41-42-43-44-46-47-49-51-53-55-58-61-64-67-70-76(79)82-73-74(72-81-75(78)69-66-63-60-57-18-15-12-9-6-3)83-77(80)71-68-65-62-59-56-54-52-50-48-45-30-28-26-24-22-20-17-14-11-8-5-2/h7-8,10-11,16-17,19-20,23-26,29-31,33-34,36-37,39-40,42-43,45,74H,4-6,9,12-15,18,21-22,27-28,32,35,38,41,44,46-73H2,1-3H3/b10-7-,11-8-,19-16-,20-17-,25-23-,26-24-,31-29-,34-33-,37-36-,40-39-,43-42-,45-30-. The number of hydrogen-bond donors (Lipinski definition) is 0. The lowest BCUT2D eigenvalue weighted by molar-refractivity contribution is -0.167. The SMILES string of the molecule is CC/C=C\C/C=C\C/C=C\C/C=C\C/C=C\C/C=C\C/C=C\C/C=C\CCCCCCCCCCCCC(=O)OCC(COC(=O)CCCCCCCCCCC)OC(=O)CCCCCCCCCC/C=C\C/C=C\C/C=C\C/C=C\CC. The van der Waals surface area contributed by atoms with Crippen LogP contribution in [0.25, 0.3) is 0 Å². The van der Waals surface area contributed by atoms with Crippen molar-refractivity contribution < 1.29 is 28.6 Å². The van der Waals surface area contributed by atoms with E-state index in [0.29, 0.717) is 19.3 Å². The first-order chi connectivity index (χ1) is 41.0. The second-order valence-electron chi connectivity index (χ2n) is 22.3. The Morgan fingerprint density at radius 2 is 0.470 bits per heavy atom. The normalized spacial score (nSPS) is 13.0.